The van der Waals surface area contributed by atoms with Gasteiger partial charge in [-0.2, -0.15) is 5.26 Å². The van der Waals surface area contributed by atoms with E-state index in [1.807, 2.05) is 35.2 Å². The maximum absolute atomic E-state index is 12.7. The first-order valence-corrected chi connectivity index (χ1v) is 10.4. The second kappa shape index (κ2) is 10.4. The highest BCUT2D eigenvalue weighted by atomic mass is 16.5. The fraction of sp³-hybridized carbons (Fsp3) is 0.375. The highest BCUT2D eigenvalue weighted by Crippen LogP contribution is 2.26. The largest absolute Gasteiger partial charge is 0.494 e. The molecule has 1 heterocycles. The van der Waals surface area contributed by atoms with E-state index in [9.17, 15) is 9.59 Å². The van der Waals surface area contributed by atoms with Gasteiger partial charge in [-0.3, -0.25) is 9.59 Å². The second-order valence-electron chi connectivity index (χ2n) is 7.44. The topological polar surface area (TPSA) is 82.4 Å². The molecule has 0 aliphatic carbocycles. The molecular formula is C24H27N3O3. The summed E-state index contributed by atoms with van der Waals surface area (Å²) in [4.78, 5) is 26.0. The second-order valence-corrected chi connectivity index (χ2v) is 7.44. The Morgan fingerprint density at radius 2 is 2.00 bits per heavy atom. The number of nitrogens with zero attached hydrogens (tertiary/aromatic N) is 2. The number of nitrogens with one attached hydrogen (secondary N) is 1. The Bertz CT molecular complexity index is 932. The summed E-state index contributed by atoms with van der Waals surface area (Å²) in [6, 6.07) is 15.1. The molecule has 2 aromatic rings. The summed E-state index contributed by atoms with van der Waals surface area (Å²) in [7, 11) is 0. The molecular weight excluding hydrogens is 378 g/mol. The summed E-state index contributed by atoms with van der Waals surface area (Å²) in [6.07, 6.45) is 3.18. The first-order valence-electron chi connectivity index (χ1n) is 10.4. The molecule has 2 aromatic carbocycles. The van der Waals surface area contributed by atoms with Gasteiger partial charge >= 0.3 is 0 Å². The van der Waals surface area contributed by atoms with Crippen LogP contribution in [0.15, 0.2) is 42.5 Å². The number of carbonyl (C=O) groups is 2. The number of anilines is 1. The highest BCUT2D eigenvalue weighted by molar-refractivity contribution is 5.94. The van der Waals surface area contributed by atoms with E-state index in [-0.39, 0.29) is 11.8 Å². The average molecular weight is 405 g/mol. The molecule has 0 bridgehead atoms. The number of ether oxygens (including phenoxy) is 1. The number of hydrogen-bond donors (Lipinski definition) is 1. The van der Waals surface area contributed by atoms with Crippen LogP contribution in [0.3, 0.4) is 0 Å². The predicted octanol–water partition coefficient (Wildman–Crippen LogP) is 4.04. The van der Waals surface area contributed by atoms with Crippen LogP contribution in [-0.2, 0) is 22.6 Å². The zero-order valence-electron chi connectivity index (χ0n) is 17.3. The molecule has 0 radical (unpaired) electrons. The quantitative estimate of drug-likeness (QED) is 0.638. The molecule has 6 heteroatoms. The summed E-state index contributed by atoms with van der Waals surface area (Å²) in [6.45, 7) is 3.78. The van der Waals surface area contributed by atoms with Crippen LogP contribution in [0.2, 0.25) is 0 Å². The van der Waals surface area contributed by atoms with Crippen molar-refractivity contribution < 1.29 is 14.3 Å². The van der Waals surface area contributed by atoms with E-state index in [1.165, 1.54) is 0 Å². The van der Waals surface area contributed by atoms with Crippen LogP contribution in [0, 0.1) is 11.3 Å². The molecule has 1 aliphatic heterocycles. The number of hydrogen-bond acceptors (Lipinski definition) is 4. The van der Waals surface area contributed by atoms with Gasteiger partial charge in [-0.05, 0) is 60.7 Å². The summed E-state index contributed by atoms with van der Waals surface area (Å²) < 4.78 is 5.82. The minimum absolute atomic E-state index is 0.0484. The fourth-order valence-corrected chi connectivity index (χ4v) is 3.49. The third-order valence-corrected chi connectivity index (χ3v) is 5.08. The molecule has 3 rings (SSSR count). The van der Waals surface area contributed by atoms with Gasteiger partial charge in [0.1, 0.15) is 5.75 Å². The van der Waals surface area contributed by atoms with Crippen LogP contribution in [0.25, 0.3) is 0 Å². The van der Waals surface area contributed by atoms with E-state index in [0.717, 1.165) is 35.4 Å². The number of aryl methyl sites for hydroxylation is 1. The minimum atomic E-state index is 0.0484. The summed E-state index contributed by atoms with van der Waals surface area (Å²) >= 11 is 0. The highest BCUT2D eigenvalue weighted by Gasteiger charge is 2.16. The molecule has 0 unspecified atom stereocenters. The lowest BCUT2D eigenvalue weighted by atomic mass is 10.0. The molecule has 0 saturated carbocycles. The van der Waals surface area contributed by atoms with Gasteiger partial charge in [0.15, 0.2) is 0 Å². The van der Waals surface area contributed by atoms with E-state index >= 15 is 0 Å². The van der Waals surface area contributed by atoms with Gasteiger partial charge in [-0.25, -0.2) is 0 Å². The number of amides is 2. The fourth-order valence-electron chi connectivity index (χ4n) is 3.49. The first-order chi connectivity index (χ1) is 14.6. The van der Waals surface area contributed by atoms with Crippen molar-refractivity contribution in [3.05, 3.63) is 59.2 Å². The van der Waals surface area contributed by atoms with Crippen molar-refractivity contribution in [3.8, 4) is 11.8 Å². The van der Waals surface area contributed by atoms with Crippen molar-refractivity contribution in [2.24, 2.45) is 0 Å². The van der Waals surface area contributed by atoms with E-state index < -0.39 is 0 Å². The van der Waals surface area contributed by atoms with Gasteiger partial charge in [-0.15, -0.1) is 0 Å². The number of rotatable bonds is 9. The lowest BCUT2D eigenvalue weighted by Gasteiger charge is -2.22. The Labute approximate surface area is 177 Å². The molecule has 1 N–H and O–H groups in total. The molecule has 6 nitrogen and oxygen atoms in total. The molecule has 0 saturated heterocycles. The molecule has 0 atom stereocenters. The van der Waals surface area contributed by atoms with Gasteiger partial charge in [0, 0.05) is 31.6 Å². The van der Waals surface area contributed by atoms with Crippen molar-refractivity contribution in [2.45, 2.75) is 45.6 Å². The maximum Gasteiger partial charge on any atom is 0.224 e. The zero-order valence-corrected chi connectivity index (χ0v) is 17.3. The minimum Gasteiger partial charge on any atom is -0.494 e. The van der Waals surface area contributed by atoms with Crippen LogP contribution in [0.4, 0.5) is 5.69 Å². The molecule has 0 aromatic heterocycles. The zero-order chi connectivity index (χ0) is 21.3. The molecule has 2 amide bonds. The van der Waals surface area contributed by atoms with E-state index in [2.05, 4.69) is 18.3 Å². The third kappa shape index (κ3) is 5.84. The Hall–Kier alpha value is -3.33. The van der Waals surface area contributed by atoms with Gasteiger partial charge in [0.2, 0.25) is 11.8 Å². The smallest absolute Gasteiger partial charge is 0.224 e. The van der Waals surface area contributed by atoms with Gasteiger partial charge in [-0.1, -0.05) is 19.1 Å². The van der Waals surface area contributed by atoms with Crippen molar-refractivity contribution in [2.75, 3.05) is 18.5 Å². The van der Waals surface area contributed by atoms with Crippen LogP contribution in [0.1, 0.15) is 49.3 Å². The maximum atomic E-state index is 12.7. The van der Waals surface area contributed by atoms with E-state index in [0.29, 0.717) is 44.5 Å². The van der Waals surface area contributed by atoms with Crippen LogP contribution < -0.4 is 10.1 Å². The van der Waals surface area contributed by atoms with E-state index in [4.69, 9.17) is 10.00 Å². The molecule has 0 fully saturated rings. The third-order valence-electron chi connectivity index (χ3n) is 5.08. The van der Waals surface area contributed by atoms with Gasteiger partial charge in [0.05, 0.1) is 18.2 Å². The molecule has 1 aliphatic rings. The number of fused-ring (bicyclic) bond motifs is 1. The van der Waals surface area contributed by atoms with Gasteiger partial charge in [0.25, 0.3) is 0 Å². The number of nitriles is 1. The number of benzene rings is 2. The Kier molecular flexibility index (Phi) is 7.45. The first kappa shape index (κ1) is 21.4. The van der Waals surface area contributed by atoms with Crippen LogP contribution in [0.5, 0.6) is 5.75 Å². The summed E-state index contributed by atoms with van der Waals surface area (Å²) in [5.41, 5.74) is 3.58. The lowest BCUT2D eigenvalue weighted by Crippen LogP contribution is -2.31. The lowest BCUT2D eigenvalue weighted by molar-refractivity contribution is -0.132. The predicted molar refractivity (Wildman–Crippen MR) is 115 cm³/mol. The Morgan fingerprint density at radius 3 is 2.73 bits per heavy atom. The number of carbonyl (C=O) groups excluding carboxylic acids is 2. The molecule has 30 heavy (non-hydrogen) atoms. The van der Waals surface area contributed by atoms with Crippen molar-refractivity contribution >= 4 is 17.5 Å². The average Bonchev–Trinajstić information content (AvgIpc) is 2.76. The Morgan fingerprint density at radius 1 is 1.20 bits per heavy atom. The summed E-state index contributed by atoms with van der Waals surface area (Å²) in [5, 5.41) is 11.8. The van der Waals surface area contributed by atoms with Crippen molar-refractivity contribution in [1.82, 2.24) is 4.90 Å². The van der Waals surface area contributed by atoms with Gasteiger partial charge < -0.3 is 15.0 Å². The van der Waals surface area contributed by atoms with E-state index in [1.54, 1.807) is 12.1 Å². The van der Waals surface area contributed by atoms with Crippen LogP contribution in [-0.4, -0.2) is 29.9 Å². The summed E-state index contributed by atoms with van der Waals surface area (Å²) in [5.74, 6) is 0.922. The molecule has 0 spiro atoms. The SMILES string of the molecule is CCCN(Cc1ccc(C#N)cc1)C(=O)CCCOc1ccc2c(c1)CCC(=O)N2. The monoisotopic (exact) mass is 405 g/mol. The standard InChI is InChI=1S/C24H27N3O3/c1-2-13-27(17-19-7-5-18(16-25)6-8-19)24(29)4-3-14-30-21-10-11-22-20(15-21)9-12-23(28)26-22/h5-8,10-11,15H,2-4,9,12-14,17H2,1H3,(H,26,28). The van der Waals surface area contributed by atoms with Crippen LogP contribution >= 0.6 is 0 Å². The Balaban J connectivity index is 1.47. The van der Waals surface area contributed by atoms with Crippen molar-refractivity contribution in [3.63, 3.8) is 0 Å². The normalized spacial score (nSPS) is 12.5. The molecule has 156 valence electrons. The van der Waals surface area contributed by atoms with Crippen molar-refractivity contribution in [1.29, 1.82) is 5.26 Å².